The molecular weight excluding hydrogens is 264 g/mol. The maximum Gasteiger partial charge on any atom is 0.223 e. The Morgan fingerprint density at radius 1 is 1.14 bits per heavy atom. The minimum absolute atomic E-state index is 0.00217. The van der Waals surface area contributed by atoms with Gasteiger partial charge in [0.25, 0.3) is 0 Å². The lowest BCUT2D eigenvalue weighted by molar-refractivity contribution is 0.101. The van der Waals surface area contributed by atoms with Crippen LogP contribution in [0, 0.1) is 0 Å². The maximum absolute atomic E-state index is 11.3. The average Bonchev–Trinajstić information content (AvgIpc) is 2.53. The van der Waals surface area contributed by atoms with Crippen molar-refractivity contribution in [3.63, 3.8) is 0 Å². The van der Waals surface area contributed by atoms with Gasteiger partial charge in [0.15, 0.2) is 5.78 Å². The molecule has 0 N–H and O–H groups in total. The number of aromatic nitrogens is 2. The summed E-state index contributed by atoms with van der Waals surface area (Å²) >= 11 is 0. The highest BCUT2D eigenvalue weighted by atomic mass is 16.5. The third kappa shape index (κ3) is 2.48. The fourth-order valence-electron chi connectivity index (χ4n) is 2.20. The second kappa shape index (κ2) is 5.32. The number of benzene rings is 1. The van der Waals surface area contributed by atoms with E-state index in [4.69, 9.17) is 4.74 Å². The minimum Gasteiger partial charge on any atom is -0.480 e. The molecule has 4 heteroatoms. The van der Waals surface area contributed by atoms with Gasteiger partial charge in [0.2, 0.25) is 5.88 Å². The molecule has 0 aliphatic heterocycles. The highest BCUT2D eigenvalue weighted by molar-refractivity contribution is 5.94. The number of hydrogen-bond acceptors (Lipinski definition) is 4. The molecule has 0 saturated heterocycles. The molecule has 0 radical (unpaired) electrons. The number of fused-ring (bicyclic) bond motifs is 1. The van der Waals surface area contributed by atoms with Crippen molar-refractivity contribution in [2.24, 2.45) is 0 Å². The number of nitrogens with zero attached hydrogens (tertiary/aromatic N) is 2. The molecule has 0 unspecified atom stereocenters. The number of ketones is 1. The van der Waals surface area contributed by atoms with Crippen LogP contribution in [0.4, 0.5) is 0 Å². The number of methoxy groups -OCH3 is 1. The first-order valence-corrected chi connectivity index (χ1v) is 6.60. The van der Waals surface area contributed by atoms with Crippen molar-refractivity contribution in [1.29, 1.82) is 0 Å². The van der Waals surface area contributed by atoms with Gasteiger partial charge in [-0.2, -0.15) is 0 Å². The van der Waals surface area contributed by atoms with Crippen LogP contribution in [0.1, 0.15) is 17.3 Å². The lowest BCUT2D eigenvalue weighted by atomic mass is 10.1. The van der Waals surface area contributed by atoms with E-state index in [1.807, 2.05) is 36.4 Å². The number of Topliss-reactive ketones (excluding diaryl/α,β-unsaturated/α-hetero) is 1. The van der Waals surface area contributed by atoms with E-state index in [9.17, 15) is 4.79 Å². The van der Waals surface area contributed by atoms with E-state index in [1.54, 1.807) is 19.4 Å². The van der Waals surface area contributed by atoms with Gasteiger partial charge in [0.05, 0.1) is 23.9 Å². The summed E-state index contributed by atoms with van der Waals surface area (Å²) in [5.41, 5.74) is 3.01. The SMILES string of the molecule is COc1nc2ccccc2cc1-c1ccc(C(C)=O)cn1. The van der Waals surface area contributed by atoms with Gasteiger partial charge in [-0.1, -0.05) is 18.2 Å². The number of ether oxygens (including phenoxy) is 1. The third-order valence-electron chi connectivity index (χ3n) is 3.33. The zero-order valence-corrected chi connectivity index (χ0v) is 11.8. The second-order valence-corrected chi connectivity index (χ2v) is 4.73. The van der Waals surface area contributed by atoms with Crippen LogP contribution in [-0.2, 0) is 0 Å². The van der Waals surface area contributed by atoms with E-state index < -0.39 is 0 Å². The molecule has 0 amide bonds. The number of carbonyl (C=O) groups excluding carboxylic acids is 1. The van der Waals surface area contributed by atoms with Crippen molar-refractivity contribution in [3.8, 4) is 17.1 Å². The standard InChI is InChI=1S/C17H14N2O2/c1-11(20)13-7-8-16(18-10-13)14-9-12-5-3-4-6-15(12)19-17(14)21-2/h3-10H,1-2H3. The van der Waals surface area contributed by atoms with Gasteiger partial charge in [0.1, 0.15) is 0 Å². The summed E-state index contributed by atoms with van der Waals surface area (Å²) in [6.07, 6.45) is 1.58. The largest absolute Gasteiger partial charge is 0.480 e. The number of para-hydroxylation sites is 1. The van der Waals surface area contributed by atoms with Crippen molar-refractivity contribution < 1.29 is 9.53 Å². The van der Waals surface area contributed by atoms with E-state index in [2.05, 4.69) is 9.97 Å². The van der Waals surface area contributed by atoms with Crippen LogP contribution in [-0.4, -0.2) is 22.9 Å². The topological polar surface area (TPSA) is 52.1 Å². The first-order chi connectivity index (χ1) is 10.2. The molecule has 3 aromatic rings. The maximum atomic E-state index is 11.3. The Kier molecular flexibility index (Phi) is 3.36. The van der Waals surface area contributed by atoms with E-state index in [-0.39, 0.29) is 5.78 Å². The van der Waals surface area contributed by atoms with Gasteiger partial charge in [0, 0.05) is 17.1 Å². The number of carbonyl (C=O) groups is 1. The predicted octanol–water partition coefficient (Wildman–Crippen LogP) is 3.51. The van der Waals surface area contributed by atoms with Crippen molar-refractivity contribution in [3.05, 3.63) is 54.2 Å². The highest BCUT2D eigenvalue weighted by Gasteiger charge is 2.11. The zero-order valence-electron chi connectivity index (χ0n) is 11.8. The molecule has 0 fully saturated rings. The van der Waals surface area contributed by atoms with Crippen LogP contribution in [0.15, 0.2) is 48.7 Å². The molecule has 4 nitrogen and oxygen atoms in total. The molecule has 1 aromatic carbocycles. The van der Waals surface area contributed by atoms with Crippen LogP contribution in [0.3, 0.4) is 0 Å². The minimum atomic E-state index is -0.00217. The Morgan fingerprint density at radius 3 is 2.62 bits per heavy atom. The molecule has 2 aromatic heterocycles. The van der Waals surface area contributed by atoms with Gasteiger partial charge >= 0.3 is 0 Å². The lowest BCUT2D eigenvalue weighted by Crippen LogP contribution is -1.96. The summed E-state index contributed by atoms with van der Waals surface area (Å²) in [6.45, 7) is 1.52. The fraction of sp³-hybridized carbons (Fsp3) is 0.118. The molecule has 0 aliphatic carbocycles. The Bertz CT molecular complexity index is 811. The van der Waals surface area contributed by atoms with Crippen molar-refractivity contribution in [1.82, 2.24) is 9.97 Å². The molecule has 0 saturated carbocycles. The van der Waals surface area contributed by atoms with Gasteiger partial charge in [-0.25, -0.2) is 4.98 Å². The van der Waals surface area contributed by atoms with Gasteiger partial charge < -0.3 is 4.74 Å². The summed E-state index contributed by atoms with van der Waals surface area (Å²) in [7, 11) is 1.59. The monoisotopic (exact) mass is 278 g/mol. The molecule has 0 bridgehead atoms. The molecule has 0 spiro atoms. The summed E-state index contributed by atoms with van der Waals surface area (Å²) < 4.78 is 5.37. The first kappa shape index (κ1) is 13.2. The van der Waals surface area contributed by atoms with Crippen LogP contribution in [0.2, 0.25) is 0 Å². The Hall–Kier alpha value is -2.75. The molecular formula is C17H14N2O2. The van der Waals surface area contributed by atoms with Crippen molar-refractivity contribution in [2.45, 2.75) is 6.92 Å². The molecule has 2 heterocycles. The summed E-state index contributed by atoms with van der Waals surface area (Å²) in [6, 6.07) is 13.4. The number of rotatable bonds is 3. The van der Waals surface area contributed by atoms with Crippen LogP contribution >= 0.6 is 0 Å². The smallest absolute Gasteiger partial charge is 0.223 e. The summed E-state index contributed by atoms with van der Waals surface area (Å²) in [4.78, 5) is 20.2. The quantitative estimate of drug-likeness (QED) is 0.688. The third-order valence-corrected chi connectivity index (χ3v) is 3.33. The van der Waals surface area contributed by atoms with E-state index in [0.717, 1.165) is 22.2 Å². The Balaban J connectivity index is 2.16. The van der Waals surface area contributed by atoms with Crippen molar-refractivity contribution in [2.75, 3.05) is 7.11 Å². The van der Waals surface area contributed by atoms with Crippen LogP contribution in [0.25, 0.3) is 22.2 Å². The Morgan fingerprint density at radius 2 is 1.95 bits per heavy atom. The van der Waals surface area contributed by atoms with Gasteiger partial charge in [-0.3, -0.25) is 9.78 Å². The predicted molar refractivity (Wildman–Crippen MR) is 81.5 cm³/mol. The first-order valence-electron chi connectivity index (χ1n) is 6.60. The summed E-state index contributed by atoms with van der Waals surface area (Å²) in [5.74, 6) is 0.523. The molecule has 21 heavy (non-hydrogen) atoms. The number of pyridine rings is 2. The van der Waals surface area contributed by atoms with E-state index in [1.165, 1.54) is 6.92 Å². The van der Waals surface area contributed by atoms with Crippen LogP contribution < -0.4 is 4.74 Å². The van der Waals surface area contributed by atoms with Gasteiger partial charge in [-0.05, 0) is 31.2 Å². The Labute approximate surface area is 122 Å². The zero-order chi connectivity index (χ0) is 14.8. The lowest BCUT2D eigenvalue weighted by Gasteiger charge is -2.09. The fourth-order valence-corrected chi connectivity index (χ4v) is 2.20. The van der Waals surface area contributed by atoms with E-state index >= 15 is 0 Å². The highest BCUT2D eigenvalue weighted by Crippen LogP contribution is 2.30. The van der Waals surface area contributed by atoms with Crippen molar-refractivity contribution >= 4 is 16.7 Å². The summed E-state index contributed by atoms with van der Waals surface area (Å²) in [5, 5.41) is 1.02. The number of hydrogen-bond donors (Lipinski definition) is 0. The van der Waals surface area contributed by atoms with E-state index in [0.29, 0.717) is 11.4 Å². The second-order valence-electron chi connectivity index (χ2n) is 4.73. The normalized spacial score (nSPS) is 10.6. The van der Waals surface area contributed by atoms with Gasteiger partial charge in [-0.15, -0.1) is 0 Å². The molecule has 0 atom stereocenters. The molecule has 104 valence electrons. The molecule has 0 aliphatic rings. The van der Waals surface area contributed by atoms with Crippen LogP contribution in [0.5, 0.6) is 5.88 Å². The molecule has 3 rings (SSSR count). The average molecular weight is 278 g/mol.